The number of rotatable bonds is 20. The van der Waals surface area contributed by atoms with Crippen LogP contribution in [0.1, 0.15) is 81.3 Å². The Balaban J connectivity index is 1.08. The molecule has 0 aliphatic carbocycles. The van der Waals surface area contributed by atoms with Gasteiger partial charge in [-0.1, -0.05) is 65.6 Å². The van der Waals surface area contributed by atoms with Gasteiger partial charge in [0.05, 0.1) is 55.4 Å². The second-order valence-corrected chi connectivity index (χ2v) is 23.7. The molecule has 8 amide bonds. The molecule has 3 saturated heterocycles. The van der Waals surface area contributed by atoms with Gasteiger partial charge < -0.3 is 91.9 Å². The van der Waals surface area contributed by atoms with Gasteiger partial charge >= 0.3 is 0 Å². The SMILES string of the molecule is CCCCCOc1ccc(-c2cn3nc(-c4ccc(C(=O)N[C@H]5CC(O)CNC(=O)C6C(O)C(C)CN6C(=O)C(C(O)CC(N)=O)NC(=O)C(C(O)C(O)c6ccc(O)c(OSOOO)c6)NC(=O)C6CC(O)CN6C(=O)C(C(C)O)NC5=O)cc4)sc3n2)cc1. The Labute approximate surface area is 526 Å². The third-order valence-electron chi connectivity index (χ3n) is 15.5. The molecule has 91 heavy (non-hydrogen) atoms. The van der Waals surface area contributed by atoms with E-state index in [-0.39, 0.29) is 23.5 Å². The number of aliphatic hydroxyl groups is 7. The van der Waals surface area contributed by atoms with Crippen molar-refractivity contribution in [2.24, 2.45) is 11.7 Å². The van der Waals surface area contributed by atoms with Gasteiger partial charge in [0.15, 0.2) is 11.5 Å². The fourth-order valence-electron chi connectivity index (χ4n) is 10.7. The second-order valence-electron chi connectivity index (χ2n) is 22.3. The highest BCUT2D eigenvalue weighted by Crippen LogP contribution is 2.35. The standard InChI is InChI=1S/C57H71N11O21S2/c1-4-5-6-17-86-34-14-11-28(12-15-34)36-25-68-57(61-36)90-54(65-68)30-9-7-29(8-10-30)49(78)60-35-19-32(70)22-59-53(82)45-46(75)26(2)23-67(45)56(84)43(39(73)21-41(58)74)63-52(81)44(48(77)47(76)31-13-16-38(72)40(18-31)87-91-89-88-85)64-51(80)37-20-33(71)24-66(37)55(83)42(27(3)69)62-50(35)79/h7-16,18,25-27,32-33,35,37,39,42-48,69-73,75-77,85H,4-6,17,19-24H2,1-3H3,(H2,58,74)(H,59,82)(H,60,78)(H,62,79)(H,63,81)(H,64,80)/t26?,27?,32?,33?,35-,37?,39?,42?,43?,44?,45?,46?,47?,48?/m0/s1. The first-order chi connectivity index (χ1) is 43.4. The van der Waals surface area contributed by atoms with Crippen LogP contribution in [-0.4, -0.2) is 217 Å². The number of imidazole rings is 1. The van der Waals surface area contributed by atoms with Crippen molar-refractivity contribution < 1.29 is 103 Å². The number of hydrogen-bond acceptors (Lipinski definition) is 25. The number of ether oxygens (including phenoxy) is 1. The van der Waals surface area contributed by atoms with Gasteiger partial charge in [0, 0.05) is 55.1 Å². The number of benzene rings is 3. The van der Waals surface area contributed by atoms with Crippen molar-refractivity contribution >= 4 is 75.9 Å². The molecule has 0 spiro atoms. The fraction of sp³-hybridized carbons (Fsp3) is 0.474. The van der Waals surface area contributed by atoms with Gasteiger partial charge in [0.2, 0.25) is 46.3 Å². The minimum atomic E-state index is -2.53. The molecule has 8 rings (SSSR count). The van der Waals surface area contributed by atoms with Crippen molar-refractivity contribution in [3.05, 3.63) is 84.1 Å². The Morgan fingerprint density at radius 1 is 0.824 bits per heavy atom. The molecule has 0 radical (unpaired) electrons. The molecule has 3 aliphatic rings. The summed E-state index contributed by atoms with van der Waals surface area (Å²) in [5, 5.41) is 119. The van der Waals surface area contributed by atoms with Crippen molar-refractivity contribution in [2.45, 2.75) is 138 Å². The summed E-state index contributed by atoms with van der Waals surface area (Å²) in [7, 11) is 0. The fourth-order valence-corrected chi connectivity index (χ4v) is 11.8. The summed E-state index contributed by atoms with van der Waals surface area (Å²) in [6.07, 6.45) is -11.3. The zero-order valence-corrected chi connectivity index (χ0v) is 50.8. The summed E-state index contributed by atoms with van der Waals surface area (Å²) in [5.41, 5.74) is 7.14. The summed E-state index contributed by atoms with van der Waals surface area (Å²) in [6, 6.07) is 4.23. The second kappa shape index (κ2) is 30.8. The van der Waals surface area contributed by atoms with Crippen LogP contribution in [0.2, 0.25) is 0 Å². The zero-order valence-electron chi connectivity index (χ0n) is 49.1. The van der Waals surface area contributed by atoms with Crippen molar-refractivity contribution in [3.8, 4) is 39.1 Å². The van der Waals surface area contributed by atoms with Crippen molar-refractivity contribution in [1.82, 2.24) is 51.0 Å². The van der Waals surface area contributed by atoms with E-state index in [0.29, 0.717) is 27.8 Å². The van der Waals surface area contributed by atoms with E-state index in [1.807, 2.05) is 24.3 Å². The predicted molar refractivity (Wildman–Crippen MR) is 318 cm³/mol. The number of β-amino-alcohol motifs (C(OH)–C–C–N with tert-alkyl or cyclic N) is 1. The van der Waals surface area contributed by atoms with Gasteiger partial charge in [-0.3, -0.25) is 38.4 Å². The number of nitrogens with two attached hydrogens (primary N) is 1. The predicted octanol–water partition coefficient (Wildman–Crippen LogP) is -1.92. The van der Waals surface area contributed by atoms with Crippen LogP contribution in [0.15, 0.2) is 72.9 Å². The van der Waals surface area contributed by atoms with Crippen molar-refractivity contribution in [3.63, 3.8) is 0 Å². The largest absolute Gasteiger partial charge is 0.504 e. The maximum atomic E-state index is 14.7. The lowest BCUT2D eigenvalue weighted by Gasteiger charge is -2.34. The molecule has 492 valence electrons. The third kappa shape index (κ3) is 16.7. The van der Waals surface area contributed by atoms with Gasteiger partial charge in [0.1, 0.15) is 59.2 Å². The number of carbonyl (C=O) groups excluding carboxylic acids is 8. The van der Waals surface area contributed by atoms with Gasteiger partial charge in [-0.2, -0.15) is 5.10 Å². The zero-order chi connectivity index (χ0) is 66.0. The molecule has 0 saturated carbocycles. The van der Waals surface area contributed by atoms with E-state index in [9.17, 15) is 79.2 Å². The van der Waals surface area contributed by atoms with Gasteiger partial charge in [-0.25, -0.2) is 14.8 Å². The summed E-state index contributed by atoms with van der Waals surface area (Å²) < 4.78 is 16.7. The van der Waals surface area contributed by atoms with E-state index in [1.54, 1.807) is 22.8 Å². The number of phenols is 1. The smallest absolute Gasteiger partial charge is 0.261 e. The molecule has 32 nitrogen and oxygen atoms in total. The number of primary amides is 1. The first-order valence-electron chi connectivity index (χ1n) is 28.9. The number of fused-ring (bicyclic) bond motifs is 3. The third-order valence-corrected chi connectivity index (χ3v) is 16.9. The molecular formula is C57H71N11O21S2. The van der Waals surface area contributed by atoms with E-state index in [0.717, 1.165) is 65.5 Å². The first-order valence-corrected chi connectivity index (χ1v) is 30.4. The molecule has 3 fully saturated rings. The van der Waals surface area contributed by atoms with Crippen LogP contribution >= 0.6 is 23.7 Å². The van der Waals surface area contributed by atoms with Crippen LogP contribution in [0, 0.1) is 5.92 Å². The van der Waals surface area contributed by atoms with Crippen LogP contribution in [0.3, 0.4) is 0 Å². The maximum Gasteiger partial charge on any atom is 0.261 e. The lowest BCUT2D eigenvalue weighted by molar-refractivity contribution is -0.433. The monoisotopic (exact) mass is 1310 g/mol. The lowest BCUT2D eigenvalue weighted by Crippen LogP contribution is -2.64. The number of aliphatic hydroxyl groups excluding tert-OH is 7. The average Bonchev–Trinajstić information content (AvgIpc) is 2.09. The van der Waals surface area contributed by atoms with Crippen molar-refractivity contribution in [1.29, 1.82) is 0 Å². The number of nitrogens with one attached hydrogen (secondary N) is 5. The lowest BCUT2D eigenvalue weighted by atomic mass is 9.96. The summed E-state index contributed by atoms with van der Waals surface area (Å²) in [6.45, 7) is 3.43. The summed E-state index contributed by atoms with van der Waals surface area (Å²) in [5.74, 6) is -11.2. The number of carbonyl (C=O) groups is 8. The van der Waals surface area contributed by atoms with E-state index in [1.165, 1.54) is 30.4 Å². The molecule has 14 atom stereocenters. The van der Waals surface area contributed by atoms with Gasteiger partial charge in [-0.05, 0) is 67.4 Å². The number of amides is 8. The molecule has 34 heteroatoms. The van der Waals surface area contributed by atoms with E-state index < -0.39 is 183 Å². The summed E-state index contributed by atoms with van der Waals surface area (Å²) >= 11 is 1.25. The molecule has 13 unspecified atom stereocenters. The number of nitrogens with zero attached hydrogens (tertiary/aromatic N) is 5. The highest BCUT2D eigenvalue weighted by molar-refractivity contribution is 7.90. The summed E-state index contributed by atoms with van der Waals surface area (Å²) in [4.78, 5) is 120. The van der Waals surface area contributed by atoms with Crippen LogP contribution in [0.25, 0.3) is 26.8 Å². The minimum absolute atomic E-state index is 0.00995. The quantitative estimate of drug-likeness (QED) is 0.0175. The highest BCUT2D eigenvalue weighted by atomic mass is 32.2. The molecular weight excluding hydrogens is 1240 g/mol. The molecule has 16 N–H and O–H groups in total. The van der Waals surface area contributed by atoms with Crippen molar-refractivity contribution in [2.75, 3.05) is 26.2 Å². The Bertz CT molecular complexity index is 3380. The van der Waals surface area contributed by atoms with Crippen LogP contribution < -0.4 is 41.2 Å². The molecule has 3 aliphatic heterocycles. The van der Waals surface area contributed by atoms with Crippen LogP contribution in [0.5, 0.6) is 17.2 Å². The average molecular weight is 1310 g/mol. The number of phenolic OH excluding ortho intramolecular Hbond substituents is 1. The van der Waals surface area contributed by atoms with Gasteiger partial charge in [-0.15, -0.1) is 0 Å². The molecule has 5 aromatic rings. The van der Waals surface area contributed by atoms with E-state index in [2.05, 4.69) is 48.0 Å². The minimum Gasteiger partial charge on any atom is -0.504 e. The molecule has 0 bridgehead atoms. The first kappa shape index (κ1) is 68.8. The van der Waals surface area contributed by atoms with Crippen LogP contribution in [0.4, 0.5) is 0 Å². The van der Waals surface area contributed by atoms with Crippen LogP contribution in [-0.2, 0) is 42.9 Å². The number of hydrogen-bond donors (Lipinski definition) is 15. The Hall–Kier alpha value is -8.13. The maximum absolute atomic E-state index is 14.7. The Morgan fingerprint density at radius 2 is 1.51 bits per heavy atom. The Morgan fingerprint density at radius 3 is 2.18 bits per heavy atom. The number of unbranched alkanes of at least 4 members (excludes halogenated alkanes) is 2. The van der Waals surface area contributed by atoms with Gasteiger partial charge in [0.25, 0.3) is 18.2 Å². The normalized spacial score (nSPS) is 25.2. The molecule has 3 aromatic carbocycles. The highest BCUT2D eigenvalue weighted by Gasteiger charge is 2.50. The van der Waals surface area contributed by atoms with E-state index >= 15 is 0 Å². The number of aromatic nitrogens is 3. The number of aromatic hydroxyl groups is 1. The molecule has 5 heterocycles. The topological polar surface area (TPSA) is 478 Å². The Kier molecular flexibility index (Phi) is 23.3. The molecule has 2 aromatic heterocycles. The van der Waals surface area contributed by atoms with E-state index in [4.69, 9.17) is 24.9 Å².